The first-order valence-electron chi connectivity index (χ1n) is 5.51. The average Bonchev–Trinajstić information content (AvgIpc) is 2.84. The molecule has 88 valence electrons. The second-order valence-electron chi connectivity index (χ2n) is 3.79. The molecule has 0 spiro atoms. The van der Waals surface area contributed by atoms with Gasteiger partial charge < -0.3 is 4.74 Å². The van der Waals surface area contributed by atoms with E-state index in [1.807, 2.05) is 25.1 Å². The molecule has 2 nitrogen and oxygen atoms in total. The third kappa shape index (κ3) is 2.94. The van der Waals surface area contributed by atoms with Crippen molar-refractivity contribution in [2.45, 2.75) is 13.3 Å². The number of benzene rings is 1. The maximum atomic E-state index is 10.9. The molecule has 1 aromatic heterocycles. The lowest BCUT2D eigenvalue weighted by molar-refractivity contribution is 0.111. The van der Waals surface area contributed by atoms with Gasteiger partial charge in [0.1, 0.15) is 5.75 Å². The summed E-state index contributed by atoms with van der Waals surface area (Å²) in [4.78, 5) is 12.2. The van der Waals surface area contributed by atoms with Crippen molar-refractivity contribution in [2.24, 2.45) is 0 Å². The Bertz CT molecular complexity index is 489. The van der Waals surface area contributed by atoms with Gasteiger partial charge in [0.2, 0.25) is 0 Å². The van der Waals surface area contributed by atoms with Crippen LogP contribution in [0.25, 0.3) is 0 Å². The van der Waals surface area contributed by atoms with Crippen LogP contribution in [0.15, 0.2) is 35.7 Å². The predicted molar refractivity (Wildman–Crippen MR) is 70.1 cm³/mol. The van der Waals surface area contributed by atoms with E-state index in [9.17, 15) is 4.79 Å². The molecule has 1 aromatic carbocycles. The van der Waals surface area contributed by atoms with E-state index in [1.165, 1.54) is 4.88 Å². The number of carbonyl (C=O) groups excluding carboxylic acids is 1. The molecule has 0 radical (unpaired) electrons. The van der Waals surface area contributed by atoms with E-state index >= 15 is 0 Å². The highest BCUT2D eigenvalue weighted by molar-refractivity contribution is 7.09. The molecular weight excluding hydrogens is 232 g/mol. The van der Waals surface area contributed by atoms with Gasteiger partial charge in [0, 0.05) is 11.3 Å². The van der Waals surface area contributed by atoms with E-state index < -0.39 is 0 Å². The van der Waals surface area contributed by atoms with Crippen LogP contribution in [0.5, 0.6) is 5.75 Å². The quantitative estimate of drug-likeness (QED) is 0.755. The van der Waals surface area contributed by atoms with E-state index in [0.717, 1.165) is 18.3 Å². The molecule has 2 aromatic rings. The number of aryl methyl sites for hydroxylation is 1. The first kappa shape index (κ1) is 11.9. The number of aldehydes is 1. The summed E-state index contributed by atoms with van der Waals surface area (Å²) in [5.74, 6) is 0.707. The first-order valence-corrected chi connectivity index (χ1v) is 6.39. The third-order valence-electron chi connectivity index (χ3n) is 2.54. The Kier molecular flexibility index (Phi) is 3.94. The highest BCUT2D eigenvalue weighted by Gasteiger charge is 2.06. The Labute approximate surface area is 105 Å². The van der Waals surface area contributed by atoms with Crippen LogP contribution >= 0.6 is 11.3 Å². The van der Waals surface area contributed by atoms with Gasteiger partial charge in [-0.05, 0) is 30.0 Å². The van der Waals surface area contributed by atoms with Crippen molar-refractivity contribution in [1.82, 2.24) is 0 Å². The molecule has 0 aliphatic carbocycles. The zero-order valence-corrected chi connectivity index (χ0v) is 10.5. The predicted octanol–water partition coefficient (Wildman–Crippen LogP) is 3.49. The van der Waals surface area contributed by atoms with Gasteiger partial charge in [-0.15, -0.1) is 11.3 Å². The molecule has 0 saturated carbocycles. The summed E-state index contributed by atoms with van der Waals surface area (Å²) in [6.45, 7) is 2.56. The van der Waals surface area contributed by atoms with Crippen LogP contribution in [0, 0.1) is 6.92 Å². The second-order valence-corrected chi connectivity index (χ2v) is 4.82. The molecule has 2 rings (SSSR count). The third-order valence-corrected chi connectivity index (χ3v) is 3.48. The zero-order valence-electron chi connectivity index (χ0n) is 9.68. The number of ether oxygens (including phenoxy) is 1. The average molecular weight is 246 g/mol. The van der Waals surface area contributed by atoms with Crippen LogP contribution in [0.1, 0.15) is 20.8 Å². The van der Waals surface area contributed by atoms with Gasteiger partial charge in [-0.1, -0.05) is 18.2 Å². The highest BCUT2D eigenvalue weighted by atomic mass is 32.1. The van der Waals surface area contributed by atoms with Crippen molar-refractivity contribution >= 4 is 17.6 Å². The Hall–Kier alpha value is -1.61. The van der Waals surface area contributed by atoms with Crippen molar-refractivity contribution in [3.8, 4) is 5.75 Å². The minimum Gasteiger partial charge on any atom is -0.492 e. The van der Waals surface area contributed by atoms with E-state index in [2.05, 4.69) is 11.4 Å². The van der Waals surface area contributed by atoms with Crippen LogP contribution in [0.4, 0.5) is 0 Å². The fourth-order valence-corrected chi connectivity index (χ4v) is 2.36. The summed E-state index contributed by atoms with van der Waals surface area (Å²) in [5.41, 5.74) is 1.62. The smallest absolute Gasteiger partial charge is 0.153 e. The Morgan fingerprint density at radius 2 is 2.18 bits per heavy atom. The molecule has 3 heteroatoms. The van der Waals surface area contributed by atoms with Crippen LogP contribution in [0.2, 0.25) is 0 Å². The van der Waals surface area contributed by atoms with Gasteiger partial charge in [-0.25, -0.2) is 0 Å². The van der Waals surface area contributed by atoms with Crippen molar-refractivity contribution < 1.29 is 9.53 Å². The van der Waals surface area contributed by atoms with E-state index in [4.69, 9.17) is 4.74 Å². The normalized spacial score (nSPS) is 10.2. The maximum Gasteiger partial charge on any atom is 0.153 e. The van der Waals surface area contributed by atoms with E-state index in [-0.39, 0.29) is 0 Å². The molecule has 0 amide bonds. The molecule has 0 aliphatic rings. The topological polar surface area (TPSA) is 26.3 Å². The number of para-hydroxylation sites is 1. The van der Waals surface area contributed by atoms with Gasteiger partial charge in [0.25, 0.3) is 0 Å². The molecule has 0 N–H and O–H groups in total. The second kappa shape index (κ2) is 5.64. The first-order chi connectivity index (χ1) is 8.31. The largest absolute Gasteiger partial charge is 0.492 e. The summed E-state index contributed by atoms with van der Waals surface area (Å²) in [6, 6.07) is 9.72. The van der Waals surface area contributed by atoms with Crippen LogP contribution in [-0.4, -0.2) is 12.9 Å². The number of rotatable bonds is 5. The minimum absolute atomic E-state index is 0.603. The molecule has 0 aliphatic heterocycles. The zero-order chi connectivity index (χ0) is 12.1. The van der Waals surface area contributed by atoms with Gasteiger partial charge >= 0.3 is 0 Å². The highest BCUT2D eigenvalue weighted by Crippen LogP contribution is 2.22. The number of hydrogen-bond donors (Lipinski definition) is 0. The van der Waals surface area contributed by atoms with Crippen LogP contribution in [0.3, 0.4) is 0 Å². The number of hydrogen-bond acceptors (Lipinski definition) is 3. The molecule has 0 fully saturated rings. The monoisotopic (exact) mass is 246 g/mol. The Morgan fingerprint density at radius 3 is 2.88 bits per heavy atom. The molecule has 0 bridgehead atoms. The van der Waals surface area contributed by atoms with E-state index in [0.29, 0.717) is 17.9 Å². The van der Waals surface area contributed by atoms with Gasteiger partial charge in [0.15, 0.2) is 6.29 Å². The van der Waals surface area contributed by atoms with Gasteiger partial charge in [-0.2, -0.15) is 0 Å². The molecule has 17 heavy (non-hydrogen) atoms. The summed E-state index contributed by atoms with van der Waals surface area (Å²) >= 11 is 1.72. The Morgan fingerprint density at radius 1 is 1.29 bits per heavy atom. The molecular formula is C14H14O2S. The molecule has 0 saturated heterocycles. The lowest BCUT2D eigenvalue weighted by Crippen LogP contribution is -2.03. The van der Waals surface area contributed by atoms with Crippen molar-refractivity contribution in [1.29, 1.82) is 0 Å². The van der Waals surface area contributed by atoms with Gasteiger partial charge in [-0.3, -0.25) is 4.79 Å². The van der Waals surface area contributed by atoms with Crippen molar-refractivity contribution in [2.75, 3.05) is 6.61 Å². The number of thiophene rings is 1. The summed E-state index contributed by atoms with van der Waals surface area (Å²) in [6.07, 6.45) is 1.72. The SMILES string of the molecule is Cc1cccc(C=O)c1OCCc1cccs1. The fraction of sp³-hybridized carbons (Fsp3) is 0.214. The molecule has 0 atom stereocenters. The number of carbonyl (C=O) groups is 1. The van der Waals surface area contributed by atoms with Crippen LogP contribution < -0.4 is 4.74 Å². The lowest BCUT2D eigenvalue weighted by Gasteiger charge is -2.10. The fourth-order valence-electron chi connectivity index (χ4n) is 1.67. The Balaban J connectivity index is 2.01. The summed E-state index contributed by atoms with van der Waals surface area (Å²) in [7, 11) is 0. The molecule has 1 heterocycles. The van der Waals surface area contributed by atoms with Crippen molar-refractivity contribution in [3.05, 3.63) is 51.7 Å². The molecule has 0 unspecified atom stereocenters. The van der Waals surface area contributed by atoms with Crippen molar-refractivity contribution in [3.63, 3.8) is 0 Å². The lowest BCUT2D eigenvalue weighted by atomic mass is 10.1. The maximum absolute atomic E-state index is 10.9. The minimum atomic E-state index is 0.603. The summed E-state index contributed by atoms with van der Waals surface area (Å²) < 4.78 is 5.71. The van der Waals surface area contributed by atoms with Crippen LogP contribution in [-0.2, 0) is 6.42 Å². The van der Waals surface area contributed by atoms with E-state index in [1.54, 1.807) is 17.4 Å². The van der Waals surface area contributed by atoms with Gasteiger partial charge in [0.05, 0.1) is 12.2 Å². The standard InChI is InChI=1S/C14H14O2S/c1-11-4-2-5-12(10-15)14(11)16-8-7-13-6-3-9-17-13/h2-6,9-10H,7-8H2,1H3. The summed E-state index contributed by atoms with van der Waals surface area (Å²) in [5, 5.41) is 2.06.